The van der Waals surface area contributed by atoms with E-state index in [0.29, 0.717) is 0 Å². The number of carbonyl (C=O) groups is 1. The minimum absolute atomic E-state index is 0.0165. The van der Waals surface area contributed by atoms with Crippen LogP contribution in [-0.4, -0.2) is 16.9 Å². The van der Waals surface area contributed by atoms with Crippen LogP contribution in [0.15, 0.2) is 18.2 Å². The minimum atomic E-state index is -0.794. The summed E-state index contributed by atoms with van der Waals surface area (Å²) in [6.07, 6.45) is 0. The number of carbonyl (C=O) groups excluding carboxylic acids is 1. The fourth-order valence-electron chi connectivity index (χ4n) is 1.28. The topological polar surface area (TPSA) is 98.3 Å². The molecule has 1 aromatic rings. The van der Waals surface area contributed by atoms with Crippen LogP contribution in [0.1, 0.15) is 13.8 Å². The maximum absolute atomic E-state index is 13.1. The number of halogens is 1. The van der Waals surface area contributed by atoms with Crippen LogP contribution in [0, 0.1) is 21.8 Å². The van der Waals surface area contributed by atoms with Crippen LogP contribution in [0.5, 0.6) is 0 Å². The molecule has 0 spiro atoms. The predicted octanol–water partition coefficient (Wildman–Crippen LogP) is 1.66. The van der Waals surface area contributed by atoms with Crippen molar-refractivity contribution in [2.75, 3.05) is 5.32 Å². The summed E-state index contributed by atoms with van der Waals surface area (Å²) in [6.45, 7) is 3.52. The zero-order valence-electron chi connectivity index (χ0n) is 10.0. The van der Waals surface area contributed by atoms with Crippen LogP contribution in [0.3, 0.4) is 0 Å². The largest absolute Gasteiger partial charge is 0.324 e. The van der Waals surface area contributed by atoms with Crippen molar-refractivity contribution in [3.8, 4) is 0 Å². The van der Waals surface area contributed by atoms with E-state index in [1.807, 2.05) is 0 Å². The smallest absolute Gasteiger partial charge is 0.274 e. The van der Waals surface area contributed by atoms with Crippen LogP contribution in [-0.2, 0) is 4.79 Å². The highest BCUT2D eigenvalue weighted by Crippen LogP contribution is 2.20. The summed E-state index contributed by atoms with van der Waals surface area (Å²) in [5.41, 5.74) is 5.19. The summed E-state index contributed by atoms with van der Waals surface area (Å²) >= 11 is 0. The Balaban J connectivity index is 2.91. The lowest BCUT2D eigenvalue weighted by Crippen LogP contribution is -2.39. The fraction of sp³-hybridized carbons (Fsp3) is 0.364. The molecule has 18 heavy (non-hydrogen) atoms. The highest BCUT2D eigenvalue weighted by atomic mass is 19.1. The molecule has 0 saturated carbocycles. The normalized spacial score (nSPS) is 12.3. The van der Waals surface area contributed by atoms with Gasteiger partial charge in [-0.1, -0.05) is 13.8 Å². The van der Waals surface area contributed by atoms with Gasteiger partial charge in [0.2, 0.25) is 5.91 Å². The van der Waals surface area contributed by atoms with E-state index < -0.39 is 28.4 Å². The Kier molecular flexibility index (Phi) is 4.33. The first-order valence-corrected chi connectivity index (χ1v) is 5.32. The number of nitro groups is 1. The lowest BCUT2D eigenvalue weighted by Gasteiger charge is -2.15. The molecule has 0 aliphatic heterocycles. The van der Waals surface area contributed by atoms with Gasteiger partial charge in [-0.05, 0) is 12.0 Å². The Labute approximate surface area is 103 Å². The third-order valence-electron chi connectivity index (χ3n) is 2.38. The molecule has 1 aromatic carbocycles. The monoisotopic (exact) mass is 255 g/mol. The Morgan fingerprint density at radius 2 is 2.06 bits per heavy atom. The number of non-ortho nitro benzene ring substituents is 1. The number of amides is 1. The van der Waals surface area contributed by atoms with Crippen LogP contribution in [0.2, 0.25) is 0 Å². The Morgan fingerprint density at radius 1 is 1.44 bits per heavy atom. The lowest BCUT2D eigenvalue weighted by molar-refractivity contribution is -0.385. The Bertz CT molecular complexity index is 477. The van der Waals surface area contributed by atoms with Crippen molar-refractivity contribution in [2.45, 2.75) is 19.9 Å². The second-order valence-electron chi connectivity index (χ2n) is 4.21. The van der Waals surface area contributed by atoms with E-state index in [1.54, 1.807) is 13.8 Å². The van der Waals surface area contributed by atoms with Gasteiger partial charge in [-0.3, -0.25) is 14.9 Å². The quantitative estimate of drug-likeness (QED) is 0.631. The molecule has 0 radical (unpaired) electrons. The van der Waals surface area contributed by atoms with Gasteiger partial charge in [0.15, 0.2) is 0 Å². The molecule has 3 N–H and O–H groups in total. The SMILES string of the molecule is CC(C)[C@@H](N)C(=O)Nc1cc(F)cc([N+](=O)[O-])c1. The maximum atomic E-state index is 13.1. The van der Waals surface area contributed by atoms with Crippen molar-refractivity contribution in [3.63, 3.8) is 0 Å². The number of nitro benzene ring substituents is 1. The fourth-order valence-corrected chi connectivity index (χ4v) is 1.28. The van der Waals surface area contributed by atoms with Crippen molar-refractivity contribution >= 4 is 17.3 Å². The first-order valence-electron chi connectivity index (χ1n) is 5.32. The van der Waals surface area contributed by atoms with Gasteiger partial charge in [-0.2, -0.15) is 0 Å². The molecule has 0 aliphatic rings. The molecule has 7 heteroatoms. The number of rotatable bonds is 4. The molecule has 0 saturated heterocycles. The molecule has 1 amide bonds. The molecule has 0 aliphatic carbocycles. The van der Waals surface area contributed by atoms with Crippen molar-refractivity contribution in [1.82, 2.24) is 0 Å². The van der Waals surface area contributed by atoms with Gasteiger partial charge in [0.25, 0.3) is 5.69 Å². The molecule has 0 bridgehead atoms. The summed E-state index contributed by atoms with van der Waals surface area (Å²) in [7, 11) is 0. The Hall–Kier alpha value is -2.02. The Morgan fingerprint density at radius 3 is 2.56 bits per heavy atom. The van der Waals surface area contributed by atoms with E-state index in [1.165, 1.54) is 0 Å². The van der Waals surface area contributed by atoms with Gasteiger partial charge in [-0.15, -0.1) is 0 Å². The molecule has 1 rings (SSSR count). The first-order chi connectivity index (χ1) is 8.31. The van der Waals surface area contributed by atoms with E-state index in [9.17, 15) is 19.3 Å². The molecular weight excluding hydrogens is 241 g/mol. The summed E-state index contributed by atoms with van der Waals surface area (Å²) in [4.78, 5) is 21.4. The zero-order chi connectivity index (χ0) is 13.9. The third-order valence-corrected chi connectivity index (χ3v) is 2.38. The zero-order valence-corrected chi connectivity index (χ0v) is 10.0. The average molecular weight is 255 g/mol. The van der Waals surface area contributed by atoms with Crippen LogP contribution >= 0.6 is 0 Å². The third kappa shape index (κ3) is 3.49. The molecule has 0 aromatic heterocycles. The highest BCUT2D eigenvalue weighted by Gasteiger charge is 2.18. The minimum Gasteiger partial charge on any atom is -0.324 e. The second kappa shape index (κ2) is 5.54. The second-order valence-corrected chi connectivity index (χ2v) is 4.21. The maximum Gasteiger partial charge on any atom is 0.274 e. The van der Waals surface area contributed by atoms with E-state index in [2.05, 4.69) is 5.32 Å². The summed E-state index contributed by atoms with van der Waals surface area (Å²) < 4.78 is 13.1. The molecule has 0 fully saturated rings. The highest BCUT2D eigenvalue weighted by molar-refractivity contribution is 5.95. The lowest BCUT2D eigenvalue weighted by atomic mass is 10.0. The predicted molar refractivity (Wildman–Crippen MR) is 64.5 cm³/mol. The van der Waals surface area contributed by atoms with Crippen molar-refractivity contribution in [1.29, 1.82) is 0 Å². The number of nitrogens with one attached hydrogen (secondary N) is 1. The number of hydrogen-bond acceptors (Lipinski definition) is 4. The molecule has 0 unspecified atom stereocenters. The van der Waals surface area contributed by atoms with E-state index in [-0.39, 0.29) is 11.6 Å². The van der Waals surface area contributed by atoms with E-state index in [4.69, 9.17) is 5.73 Å². The van der Waals surface area contributed by atoms with Gasteiger partial charge in [0.05, 0.1) is 22.7 Å². The number of nitrogens with two attached hydrogens (primary N) is 1. The standard InChI is InChI=1S/C11H14FN3O3/c1-6(2)10(13)11(16)14-8-3-7(12)4-9(5-8)15(17)18/h3-6,10H,13H2,1-2H3,(H,14,16)/t10-/m1/s1. The summed E-state index contributed by atoms with van der Waals surface area (Å²) in [5, 5.41) is 12.9. The van der Waals surface area contributed by atoms with Gasteiger partial charge in [-0.25, -0.2) is 4.39 Å². The first kappa shape index (κ1) is 14.0. The summed E-state index contributed by atoms with van der Waals surface area (Å²) in [6, 6.07) is 2.09. The average Bonchev–Trinajstić information content (AvgIpc) is 2.26. The van der Waals surface area contributed by atoms with Gasteiger partial charge < -0.3 is 11.1 Å². The van der Waals surface area contributed by atoms with E-state index >= 15 is 0 Å². The summed E-state index contributed by atoms with van der Waals surface area (Å²) in [5.74, 6) is -1.39. The molecule has 6 nitrogen and oxygen atoms in total. The number of nitrogens with zero attached hydrogens (tertiary/aromatic N) is 1. The van der Waals surface area contributed by atoms with Gasteiger partial charge >= 0.3 is 0 Å². The number of hydrogen-bond donors (Lipinski definition) is 2. The number of anilines is 1. The van der Waals surface area contributed by atoms with Crippen LogP contribution < -0.4 is 11.1 Å². The van der Waals surface area contributed by atoms with Crippen molar-refractivity contribution < 1.29 is 14.1 Å². The van der Waals surface area contributed by atoms with Gasteiger partial charge in [0.1, 0.15) is 5.82 Å². The van der Waals surface area contributed by atoms with Gasteiger partial charge in [0, 0.05) is 6.07 Å². The number of benzene rings is 1. The molecule has 0 heterocycles. The molecular formula is C11H14FN3O3. The van der Waals surface area contributed by atoms with Crippen LogP contribution in [0.25, 0.3) is 0 Å². The van der Waals surface area contributed by atoms with E-state index in [0.717, 1.165) is 18.2 Å². The molecule has 98 valence electrons. The van der Waals surface area contributed by atoms with Crippen LogP contribution in [0.4, 0.5) is 15.8 Å². The van der Waals surface area contributed by atoms with Crippen molar-refractivity contribution in [3.05, 3.63) is 34.1 Å². The van der Waals surface area contributed by atoms with Crippen molar-refractivity contribution in [2.24, 2.45) is 11.7 Å². The molecule has 1 atom stereocenters.